The molecular formula is C14H24N4OS. The van der Waals surface area contributed by atoms with E-state index in [9.17, 15) is 4.79 Å². The first-order valence-corrected chi connectivity index (χ1v) is 8.24. The van der Waals surface area contributed by atoms with Crippen molar-refractivity contribution in [1.82, 2.24) is 14.8 Å². The maximum absolute atomic E-state index is 11.9. The number of nitrogens with zero attached hydrogens (tertiary/aromatic N) is 3. The molecule has 1 aliphatic rings. The lowest BCUT2D eigenvalue weighted by Gasteiger charge is -2.34. The summed E-state index contributed by atoms with van der Waals surface area (Å²) in [5, 5.41) is 3.35. The van der Waals surface area contributed by atoms with Crippen LogP contribution in [0.25, 0.3) is 0 Å². The molecule has 1 aromatic heterocycles. The van der Waals surface area contributed by atoms with E-state index in [0.29, 0.717) is 13.0 Å². The predicted molar refractivity (Wildman–Crippen MR) is 81.6 cm³/mol. The molecule has 6 heteroatoms. The van der Waals surface area contributed by atoms with Crippen molar-refractivity contribution in [2.24, 2.45) is 5.73 Å². The molecule has 1 amide bonds. The third kappa shape index (κ3) is 4.26. The summed E-state index contributed by atoms with van der Waals surface area (Å²) in [4.78, 5) is 20.8. The van der Waals surface area contributed by atoms with Crippen molar-refractivity contribution in [3.8, 4) is 0 Å². The van der Waals surface area contributed by atoms with E-state index in [4.69, 9.17) is 5.73 Å². The molecule has 1 fully saturated rings. The highest BCUT2D eigenvalue weighted by Crippen LogP contribution is 2.14. The Morgan fingerprint density at radius 1 is 1.40 bits per heavy atom. The first-order chi connectivity index (χ1) is 9.72. The van der Waals surface area contributed by atoms with Crippen molar-refractivity contribution < 1.29 is 4.79 Å². The number of aryl methyl sites for hydroxylation is 1. The molecule has 0 aromatic carbocycles. The van der Waals surface area contributed by atoms with E-state index in [2.05, 4.69) is 22.2 Å². The second-order valence-corrected chi connectivity index (χ2v) is 6.08. The fraction of sp³-hybridized carbons (Fsp3) is 0.714. The molecule has 0 bridgehead atoms. The van der Waals surface area contributed by atoms with Crippen LogP contribution in [-0.4, -0.2) is 53.4 Å². The topological polar surface area (TPSA) is 62.5 Å². The van der Waals surface area contributed by atoms with Gasteiger partial charge in [0.15, 0.2) is 0 Å². The van der Waals surface area contributed by atoms with Crippen molar-refractivity contribution in [1.29, 1.82) is 0 Å². The van der Waals surface area contributed by atoms with E-state index >= 15 is 0 Å². The van der Waals surface area contributed by atoms with E-state index in [1.54, 1.807) is 11.3 Å². The third-order valence-corrected chi connectivity index (χ3v) is 4.65. The van der Waals surface area contributed by atoms with Gasteiger partial charge in [0.1, 0.15) is 0 Å². The van der Waals surface area contributed by atoms with E-state index in [0.717, 1.165) is 51.3 Å². The van der Waals surface area contributed by atoms with Crippen molar-refractivity contribution in [3.05, 3.63) is 16.1 Å². The number of amides is 1. The van der Waals surface area contributed by atoms with Gasteiger partial charge < -0.3 is 10.6 Å². The molecule has 0 aliphatic carbocycles. The summed E-state index contributed by atoms with van der Waals surface area (Å²) in [6, 6.07) is 0. The standard InChI is InChI=1S/C14H24N4OS/c1-2-13-16-12(11-20-13)10-17-6-8-18(9-7-17)14(19)4-3-5-15/h11H,2-10,15H2,1H3. The molecule has 0 radical (unpaired) electrons. The molecule has 0 atom stereocenters. The second kappa shape index (κ2) is 7.71. The highest BCUT2D eigenvalue weighted by molar-refractivity contribution is 7.09. The summed E-state index contributed by atoms with van der Waals surface area (Å²) in [6.07, 6.45) is 2.38. The highest BCUT2D eigenvalue weighted by Gasteiger charge is 2.21. The summed E-state index contributed by atoms with van der Waals surface area (Å²) in [6.45, 7) is 7.16. The van der Waals surface area contributed by atoms with Gasteiger partial charge in [-0.3, -0.25) is 9.69 Å². The van der Waals surface area contributed by atoms with Gasteiger partial charge in [0.05, 0.1) is 10.7 Å². The number of carbonyl (C=O) groups is 1. The zero-order valence-corrected chi connectivity index (χ0v) is 13.0. The Bertz CT molecular complexity index is 427. The molecule has 0 unspecified atom stereocenters. The van der Waals surface area contributed by atoms with Gasteiger partial charge in [0.25, 0.3) is 0 Å². The Balaban J connectivity index is 1.75. The molecule has 2 rings (SSSR count). The summed E-state index contributed by atoms with van der Waals surface area (Å²) in [5.74, 6) is 0.247. The normalized spacial score (nSPS) is 16.6. The van der Waals surface area contributed by atoms with Crippen LogP contribution in [0.1, 0.15) is 30.5 Å². The van der Waals surface area contributed by atoms with Crippen molar-refractivity contribution in [3.63, 3.8) is 0 Å². The molecule has 1 aliphatic heterocycles. The van der Waals surface area contributed by atoms with Crippen molar-refractivity contribution in [2.75, 3.05) is 32.7 Å². The zero-order valence-electron chi connectivity index (χ0n) is 12.2. The van der Waals surface area contributed by atoms with Crippen LogP contribution >= 0.6 is 11.3 Å². The van der Waals surface area contributed by atoms with Crippen LogP contribution in [0, 0.1) is 0 Å². The van der Waals surface area contributed by atoms with Gasteiger partial charge in [-0.25, -0.2) is 4.98 Å². The van der Waals surface area contributed by atoms with Crippen LogP contribution in [0.2, 0.25) is 0 Å². The number of rotatable bonds is 6. The summed E-state index contributed by atoms with van der Waals surface area (Å²) in [7, 11) is 0. The van der Waals surface area contributed by atoms with Gasteiger partial charge in [0.2, 0.25) is 5.91 Å². The van der Waals surface area contributed by atoms with Crippen LogP contribution < -0.4 is 5.73 Å². The van der Waals surface area contributed by atoms with Gasteiger partial charge in [-0.2, -0.15) is 0 Å². The molecule has 5 nitrogen and oxygen atoms in total. The summed E-state index contributed by atoms with van der Waals surface area (Å²) < 4.78 is 0. The number of carbonyl (C=O) groups excluding carboxylic acids is 1. The molecule has 0 saturated carbocycles. The third-order valence-electron chi connectivity index (χ3n) is 3.61. The number of hydrogen-bond acceptors (Lipinski definition) is 5. The van der Waals surface area contributed by atoms with Gasteiger partial charge in [0, 0.05) is 44.5 Å². The number of aromatic nitrogens is 1. The number of piperazine rings is 1. The van der Waals surface area contributed by atoms with E-state index < -0.39 is 0 Å². The lowest BCUT2D eigenvalue weighted by atomic mass is 10.2. The molecule has 1 saturated heterocycles. The maximum Gasteiger partial charge on any atom is 0.222 e. The summed E-state index contributed by atoms with van der Waals surface area (Å²) in [5.41, 5.74) is 6.60. The number of hydrogen-bond donors (Lipinski definition) is 1. The minimum absolute atomic E-state index is 0.247. The van der Waals surface area contributed by atoms with Crippen LogP contribution in [0.15, 0.2) is 5.38 Å². The lowest BCUT2D eigenvalue weighted by Crippen LogP contribution is -2.48. The average Bonchev–Trinajstić information content (AvgIpc) is 2.93. The quantitative estimate of drug-likeness (QED) is 0.853. The fourth-order valence-electron chi connectivity index (χ4n) is 2.38. The number of nitrogens with two attached hydrogens (primary N) is 1. The molecule has 2 N–H and O–H groups in total. The Hall–Kier alpha value is -0.980. The van der Waals surface area contributed by atoms with Crippen LogP contribution in [0.3, 0.4) is 0 Å². The molecule has 1 aromatic rings. The van der Waals surface area contributed by atoms with E-state index in [-0.39, 0.29) is 5.91 Å². The zero-order chi connectivity index (χ0) is 14.4. The Morgan fingerprint density at radius 3 is 2.75 bits per heavy atom. The Kier molecular flexibility index (Phi) is 5.94. The molecule has 0 spiro atoms. The fourth-order valence-corrected chi connectivity index (χ4v) is 3.12. The molecule has 20 heavy (non-hydrogen) atoms. The van der Waals surface area contributed by atoms with Crippen LogP contribution in [-0.2, 0) is 17.8 Å². The summed E-state index contributed by atoms with van der Waals surface area (Å²) >= 11 is 1.74. The molecule has 2 heterocycles. The lowest BCUT2D eigenvalue weighted by molar-refractivity contribution is -0.133. The predicted octanol–water partition coefficient (Wildman–Crippen LogP) is 1.09. The highest BCUT2D eigenvalue weighted by atomic mass is 32.1. The average molecular weight is 296 g/mol. The van der Waals surface area contributed by atoms with Gasteiger partial charge >= 0.3 is 0 Å². The number of thiazole rings is 1. The van der Waals surface area contributed by atoms with Crippen LogP contribution in [0.5, 0.6) is 0 Å². The minimum Gasteiger partial charge on any atom is -0.340 e. The van der Waals surface area contributed by atoms with Gasteiger partial charge in [-0.05, 0) is 19.4 Å². The van der Waals surface area contributed by atoms with E-state index in [1.807, 2.05) is 4.90 Å². The Labute approximate surface area is 124 Å². The van der Waals surface area contributed by atoms with Crippen molar-refractivity contribution in [2.45, 2.75) is 32.7 Å². The van der Waals surface area contributed by atoms with E-state index in [1.165, 1.54) is 5.01 Å². The van der Waals surface area contributed by atoms with Gasteiger partial charge in [-0.1, -0.05) is 6.92 Å². The van der Waals surface area contributed by atoms with Crippen molar-refractivity contribution >= 4 is 17.2 Å². The first-order valence-electron chi connectivity index (χ1n) is 7.36. The second-order valence-electron chi connectivity index (χ2n) is 5.14. The SMILES string of the molecule is CCc1nc(CN2CCN(C(=O)CCCN)CC2)cs1. The minimum atomic E-state index is 0.247. The largest absolute Gasteiger partial charge is 0.340 e. The monoisotopic (exact) mass is 296 g/mol. The van der Waals surface area contributed by atoms with Crippen LogP contribution in [0.4, 0.5) is 0 Å². The first kappa shape index (κ1) is 15.4. The Morgan fingerprint density at radius 2 is 2.15 bits per heavy atom. The maximum atomic E-state index is 11.9. The smallest absolute Gasteiger partial charge is 0.222 e. The molecular weight excluding hydrogens is 272 g/mol. The van der Waals surface area contributed by atoms with Gasteiger partial charge in [-0.15, -0.1) is 11.3 Å². The molecule has 112 valence electrons.